The fourth-order valence-electron chi connectivity index (χ4n) is 3.41. The number of nitrogens with one attached hydrogen (secondary N) is 3. The molecule has 0 aliphatic carbocycles. The molecule has 1 aromatic rings. The van der Waals surface area contributed by atoms with Gasteiger partial charge in [-0.25, -0.2) is 0 Å². The van der Waals surface area contributed by atoms with Crippen molar-refractivity contribution in [2.75, 3.05) is 92.8 Å². The Morgan fingerprint density at radius 3 is 2.21 bits per heavy atom. The van der Waals surface area contributed by atoms with E-state index in [0.29, 0.717) is 64.0 Å². The number of benzene rings is 1. The SMILES string of the molecule is CNCCCOCCOCCOCCNC(=O)c1cccc(OC[C@](C)(OCCOCC(=O)NCC#CC(C)C)SSC(C)(C)C)c1. The van der Waals surface area contributed by atoms with Crippen molar-refractivity contribution in [3.63, 3.8) is 0 Å². The zero-order valence-electron chi connectivity index (χ0n) is 29.4. The van der Waals surface area contributed by atoms with Gasteiger partial charge in [0.05, 0.1) is 52.8 Å². The molecule has 0 saturated carbocycles. The van der Waals surface area contributed by atoms with Crippen molar-refractivity contribution >= 4 is 33.4 Å². The van der Waals surface area contributed by atoms with Crippen LogP contribution in [0.5, 0.6) is 5.75 Å². The molecule has 0 unspecified atom stereocenters. The summed E-state index contributed by atoms with van der Waals surface area (Å²) in [6.45, 7) is 17.8. The van der Waals surface area contributed by atoms with Gasteiger partial charge in [0, 0.05) is 29.4 Å². The van der Waals surface area contributed by atoms with E-state index in [1.54, 1.807) is 39.8 Å². The van der Waals surface area contributed by atoms with E-state index in [4.69, 9.17) is 28.4 Å². The Bertz CT molecular complexity index is 1060. The molecule has 1 atom stereocenters. The lowest BCUT2D eigenvalue weighted by atomic mass is 10.2. The fourth-order valence-corrected chi connectivity index (χ4v) is 5.64. The average Bonchev–Trinajstić information content (AvgIpc) is 3.03. The van der Waals surface area contributed by atoms with Crippen molar-refractivity contribution in [1.82, 2.24) is 16.0 Å². The van der Waals surface area contributed by atoms with Crippen LogP contribution in [0.2, 0.25) is 0 Å². The topological polar surface area (TPSA) is 126 Å². The van der Waals surface area contributed by atoms with E-state index in [2.05, 4.69) is 48.6 Å². The van der Waals surface area contributed by atoms with Crippen LogP contribution in [0.25, 0.3) is 0 Å². The molecule has 1 rings (SSSR count). The summed E-state index contributed by atoms with van der Waals surface area (Å²) in [5, 5.41) is 8.66. The second-order valence-corrected chi connectivity index (χ2v) is 15.4. The molecule has 0 saturated heterocycles. The van der Waals surface area contributed by atoms with E-state index in [1.165, 1.54) is 0 Å². The van der Waals surface area contributed by atoms with E-state index in [9.17, 15) is 9.59 Å². The van der Waals surface area contributed by atoms with Gasteiger partial charge in [-0.2, -0.15) is 0 Å². The summed E-state index contributed by atoms with van der Waals surface area (Å²) in [6.07, 6.45) is 0.976. The second kappa shape index (κ2) is 25.9. The van der Waals surface area contributed by atoms with Crippen LogP contribution in [0.15, 0.2) is 24.3 Å². The molecule has 11 nitrogen and oxygen atoms in total. The van der Waals surface area contributed by atoms with Crippen molar-refractivity contribution in [3.05, 3.63) is 29.8 Å². The molecule has 3 N–H and O–H groups in total. The van der Waals surface area contributed by atoms with E-state index >= 15 is 0 Å². The van der Waals surface area contributed by atoms with Gasteiger partial charge in [0.25, 0.3) is 5.91 Å². The van der Waals surface area contributed by atoms with Crippen molar-refractivity contribution in [2.24, 2.45) is 5.92 Å². The van der Waals surface area contributed by atoms with E-state index in [-0.39, 0.29) is 48.9 Å². The molecule has 0 heterocycles. The highest BCUT2D eigenvalue weighted by molar-refractivity contribution is 8.77. The van der Waals surface area contributed by atoms with Crippen LogP contribution < -0.4 is 20.7 Å². The van der Waals surface area contributed by atoms with Crippen LogP contribution in [-0.4, -0.2) is 114 Å². The van der Waals surface area contributed by atoms with Gasteiger partial charge in [0.2, 0.25) is 5.91 Å². The minimum Gasteiger partial charge on any atom is -0.490 e. The molecular formula is C34H57N3O8S2. The summed E-state index contributed by atoms with van der Waals surface area (Å²) in [4.78, 5) is 24.0. The molecule has 2 amide bonds. The Morgan fingerprint density at radius 1 is 0.851 bits per heavy atom. The van der Waals surface area contributed by atoms with Crippen LogP contribution in [-0.2, 0) is 28.5 Å². The van der Waals surface area contributed by atoms with Gasteiger partial charge in [-0.3, -0.25) is 9.59 Å². The predicted molar refractivity (Wildman–Crippen MR) is 191 cm³/mol. The van der Waals surface area contributed by atoms with Crippen LogP contribution in [0.3, 0.4) is 0 Å². The Hall–Kier alpha value is -2.02. The van der Waals surface area contributed by atoms with Gasteiger partial charge in [-0.05, 0) is 45.1 Å². The maximum atomic E-state index is 12.7. The molecule has 1 aromatic carbocycles. The molecule has 0 spiro atoms. The third kappa shape index (κ3) is 24.7. The van der Waals surface area contributed by atoms with Gasteiger partial charge in [0.1, 0.15) is 19.0 Å². The van der Waals surface area contributed by atoms with Crippen molar-refractivity contribution < 1.29 is 38.0 Å². The van der Waals surface area contributed by atoms with Crippen molar-refractivity contribution in [2.45, 2.75) is 57.6 Å². The number of ether oxygens (including phenoxy) is 6. The zero-order valence-corrected chi connectivity index (χ0v) is 31.0. The number of carbonyl (C=O) groups is 2. The number of carbonyl (C=O) groups excluding carboxylic acids is 2. The molecule has 0 aliphatic rings. The quantitative estimate of drug-likeness (QED) is 0.0559. The highest BCUT2D eigenvalue weighted by atomic mass is 33.1. The lowest BCUT2D eigenvalue weighted by Gasteiger charge is -2.31. The van der Waals surface area contributed by atoms with Crippen molar-refractivity contribution in [3.8, 4) is 17.6 Å². The van der Waals surface area contributed by atoms with Crippen LogP contribution in [0.1, 0.15) is 58.3 Å². The fraction of sp³-hybridized carbons (Fsp3) is 0.706. The Morgan fingerprint density at radius 2 is 1.53 bits per heavy atom. The summed E-state index contributed by atoms with van der Waals surface area (Å²) in [6, 6.07) is 7.04. The van der Waals surface area contributed by atoms with Gasteiger partial charge in [0.15, 0.2) is 4.93 Å². The molecule has 0 aliphatic heterocycles. The van der Waals surface area contributed by atoms with E-state index < -0.39 is 4.93 Å². The Labute approximate surface area is 290 Å². The maximum Gasteiger partial charge on any atom is 0.251 e. The monoisotopic (exact) mass is 699 g/mol. The Balaban J connectivity index is 2.42. The summed E-state index contributed by atoms with van der Waals surface area (Å²) in [5.41, 5.74) is 0.488. The first-order valence-corrected chi connectivity index (χ1v) is 18.3. The molecule has 268 valence electrons. The predicted octanol–water partition coefficient (Wildman–Crippen LogP) is 4.16. The summed E-state index contributed by atoms with van der Waals surface area (Å²) in [5.74, 6) is 6.30. The smallest absolute Gasteiger partial charge is 0.251 e. The average molecular weight is 700 g/mol. The van der Waals surface area contributed by atoms with Gasteiger partial charge in [-0.15, -0.1) is 0 Å². The van der Waals surface area contributed by atoms with Gasteiger partial charge < -0.3 is 44.4 Å². The Kier molecular flexibility index (Phi) is 23.7. The molecule has 0 radical (unpaired) electrons. The third-order valence-corrected chi connectivity index (χ3v) is 9.67. The standard InChI is InChI=1S/C34H57N3O8S2/c1-28(2)11-9-15-36-31(38)26-43-23-24-45-34(6,47-46-33(3,4)5)27-44-30-13-8-12-29(25-30)32(39)37-16-18-41-20-22-42-21-19-40-17-10-14-35-7/h8,12-13,25,28,35H,10,14-24,26-27H2,1-7H3,(H,36,38)(H,37,39)/t34-/m1/s1. The molecule has 13 heteroatoms. The summed E-state index contributed by atoms with van der Waals surface area (Å²) < 4.78 is 34.3. The first kappa shape index (κ1) is 43.0. The number of amides is 2. The van der Waals surface area contributed by atoms with Crippen LogP contribution >= 0.6 is 21.6 Å². The number of hydrogen-bond donors (Lipinski definition) is 3. The normalized spacial score (nSPS) is 12.7. The lowest BCUT2D eigenvalue weighted by molar-refractivity contribution is -0.126. The van der Waals surface area contributed by atoms with Gasteiger partial charge >= 0.3 is 0 Å². The lowest BCUT2D eigenvalue weighted by Crippen LogP contribution is -2.34. The highest BCUT2D eigenvalue weighted by Crippen LogP contribution is 2.44. The summed E-state index contributed by atoms with van der Waals surface area (Å²) >= 11 is 0. The van der Waals surface area contributed by atoms with Crippen LogP contribution in [0.4, 0.5) is 0 Å². The molecule has 0 aromatic heterocycles. The van der Waals surface area contributed by atoms with E-state index in [0.717, 1.165) is 13.0 Å². The van der Waals surface area contributed by atoms with Crippen molar-refractivity contribution in [1.29, 1.82) is 0 Å². The largest absolute Gasteiger partial charge is 0.490 e. The molecular weight excluding hydrogens is 643 g/mol. The first-order chi connectivity index (χ1) is 22.4. The van der Waals surface area contributed by atoms with E-state index in [1.807, 2.05) is 33.9 Å². The molecule has 0 bridgehead atoms. The molecule has 0 fully saturated rings. The number of rotatable bonds is 26. The number of hydrogen-bond acceptors (Lipinski definition) is 11. The second-order valence-electron chi connectivity index (χ2n) is 11.9. The molecule has 47 heavy (non-hydrogen) atoms. The highest BCUT2D eigenvalue weighted by Gasteiger charge is 2.30. The minimum atomic E-state index is -0.714. The summed E-state index contributed by atoms with van der Waals surface area (Å²) in [7, 11) is 5.19. The zero-order chi connectivity index (χ0) is 34.8. The maximum absolute atomic E-state index is 12.7. The minimum absolute atomic E-state index is 0.00214. The van der Waals surface area contributed by atoms with Gasteiger partial charge in [-0.1, -0.05) is 74.1 Å². The van der Waals surface area contributed by atoms with Crippen LogP contribution in [0, 0.1) is 17.8 Å². The first-order valence-electron chi connectivity index (χ1n) is 16.2. The third-order valence-electron chi connectivity index (χ3n) is 5.69.